The normalized spacial score (nSPS) is 10.5. The van der Waals surface area contributed by atoms with E-state index >= 15 is 0 Å². The van der Waals surface area contributed by atoms with E-state index in [2.05, 4.69) is 24.4 Å². The molecule has 2 aromatic rings. The van der Waals surface area contributed by atoms with Gasteiger partial charge in [0, 0.05) is 11.4 Å². The number of anilines is 2. The first-order valence-corrected chi connectivity index (χ1v) is 7.82. The van der Waals surface area contributed by atoms with Crippen molar-refractivity contribution < 1.29 is 4.79 Å². The molecular formula is C19H24N2O. The van der Waals surface area contributed by atoms with Crippen molar-refractivity contribution >= 4 is 17.3 Å². The first-order valence-electron chi connectivity index (χ1n) is 7.82. The van der Waals surface area contributed by atoms with Gasteiger partial charge in [-0.3, -0.25) is 4.79 Å². The molecule has 2 rings (SSSR count). The van der Waals surface area contributed by atoms with E-state index in [1.807, 2.05) is 31.2 Å². The van der Waals surface area contributed by atoms with Crippen LogP contribution >= 0.6 is 0 Å². The van der Waals surface area contributed by atoms with Gasteiger partial charge in [0.2, 0.25) is 5.91 Å². The summed E-state index contributed by atoms with van der Waals surface area (Å²) in [6.45, 7) is 4.15. The van der Waals surface area contributed by atoms with Crippen molar-refractivity contribution in [2.24, 2.45) is 0 Å². The Morgan fingerprint density at radius 1 is 1.09 bits per heavy atom. The molecule has 1 amide bonds. The Balaban J connectivity index is 1.95. The second-order valence-electron chi connectivity index (χ2n) is 5.72. The lowest BCUT2D eigenvalue weighted by atomic mass is 10.0. The molecule has 116 valence electrons. The van der Waals surface area contributed by atoms with E-state index in [0.717, 1.165) is 23.2 Å². The molecule has 0 aliphatic heterocycles. The minimum absolute atomic E-state index is 0.0185. The standard InChI is InChI=1S/C19H24N2O/c1-3-4-5-15-7-9-16(10-8-15)12-19(22)21-18-13-17(20)11-6-14(18)2/h6-11,13H,3-5,12,20H2,1-2H3,(H,21,22). The molecule has 0 unspecified atom stereocenters. The van der Waals surface area contributed by atoms with Crippen molar-refractivity contribution in [3.05, 3.63) is 59.2 Å². The van der Waals surface area contributed by atoms with Gasteiger partial charge in [-0.25, -0.2) is 0 Å². The summed E-state index contributed by atoms with van der Waals surface area (Å²) in [4.78, 5) is 12.2. The third kappa shape index (κ3) is 4.62. The van der Waals surface area contributed by atoms with Gasteiger partial charge in [0.05, 0.1) is 6.42 Å². The van der Waals surface area contributed by atoms with Gasteiger partial charge in [-0.2, -0.15) is 0 Å². The van der Waals surface area contributed by atoms with Crippen LogP contribution in [0, 0.1) is 6.92 Å². The van der Waals surface area contributed by atoms with E-state index in [1.54, 1.807) is 6.07 Å². The third-order valence-electron chi connectivity index (χ3n) is 3.74. The van der Waals surface area contributed by atoms with Gasteiger partial charge in [-0.1, -0.05) is 43.7 Å². The molecule has 0 spiro atoms. The van der Waals surface area contributed by atoms with Crippen LogP contribution in [0.4, 0.5) is 11.4 Å². The molecular weight excluding hydrogens is 272 g/mol. The molecule has 0 bridgehead atoms. The Bertz CT molecular complexity index is 632. The van der Waals surface area contributed by atoms with Crippen molar-refractivity contribution in [2.45, 2.75) is 39.5 Å². The van der Waals surface area contributed by atoms with E-state index in [0.29, 0.717) is 12.1 Å². The van der Waals surface area contributed by atoms with E-state index in [-0.39, 0.29) is 5.91 Å². The Hall–Kier alpha value is -2.29. The highest BCUT2D eigenvalue weighted by Crippen LogP contribution is 2.18. The van der Waals surface area contributed by atoms with Gasteiger partial charge >= 0.3 is 0 Å². The van der Waals surface area contributed by atoms with Crippen LogP contribution in [0.2, 0.25) is 0 Å². The van der Waals surface area contributed by atoms with Gasteiger partial charge in [-0.15, -0.1) is 0 Å². The zero-order valence-corrected chi connectivity index (χ0v) is 13.4. The molecule has 3 nitrogen and oxygen atoms in total. The van der Waals surface area contributed by atoms with E-state index in [4.69, 9.17) is 5.73 Å². The largest absolute Gasteiger partial charge is 0.399 e. The molecule has 2 aromatic carbocycles. The average molecular weight is 296 g/mol. The maximum atomic E-state index is 12.2. The second-order valence-corrected chi connectivity index (χ2v) is 5.72. The highest BCUT2D eigenvalue weighted by molar-refractivity contribution is 5.93. The molecule has 0 fully saturated rings. The van der Waals surface area contributed by atoms with E-state index in [1.165, 1.54) is 18.4 Å². The van der Waals surface area contributed by atoms with Crippen LogP contribution in [0.5, 0.6) is 0 Å². The summed E-state index contributed by atoms with van der Waals surface area (Å²) in [5.74, 6) is -0.0185. The average Bonchev–Trinajstić information content (AvgIpc) is 2.50. The lowest BCUT2D eigenvalue weighted by molar-refractivity contribution is -0.115. The van der Waals surface area contributed by atoms with Crippen molar-refractivity contribution in [2.75, 3.05) is 11.1 Å². The molecule has 22 heavy (non-hydrogen) atoms. The lowest BCUT2D eigenvalue weighted by Gasteiger charge is -2.09. The summed E-state index contributed by atoms with van der Waals surface area (Å²) in [5.41, 5.74) is 10.6. The molecule has 3 N–H and O–H groups in total. The molecule has 0 heterocycles. The number of carbonyl (C=O) groups excluding carboxylic acids is 1. The predicted molar refractivity (Wildman–Crippen MR) is 93.0 cm³/mol. The number of nitrogens with one attached hydrogen (secondary N) is 1. The smallest absolute Gasteiger partial charge is 0.228 e. The molecule has 0 saturated carbocycles. The Morgan fingerprint density at radius 3 is 2.45 bits per heavy atom. The number of benzene rings is 2. The van der Waals surface area contributed by atoms with Gasteiger partial charge in [0.15, 0.2) is 0 Å². The highest BCUT2D eigenvalue weighted by Gasteiger charge is 2.06. The van der Waals surface area contributed by atoms with Crippen LogP contribution in [-0.4, -0.2) is 5.91 Å². The van der Waals surface area contributed by atoms with Crippen LogP contribution in [0.15, 0.2) is 42.5 Å². The third-order valence-corrected chi connectivity index (χ3v) is 3.74. The number of hydrogen-bond donors (Lipinski definition) is 2. The summed E-state index contributed by atoms with van der Waals surface area (Å²) in [6, 6.07) is 13.8. The van der Waals surface area contributed by atoms with Crippen molar-refractivity contribution in [1.82, 2.24) is 0 Å². The van der Waals surface area contributed by atoms with Crippen molar-refractivity contribution in [3.63, 3.8) is 0 Å². The van der Waals surface area contributed by atoms with Gasteiger partial charge < -0.3 is 11.1 Å². The zero-order valence-electron chi connectivity index (χ0n) is 13.4. The molecule has 0 radical (unpaired) electrons. The monoisotopic (exact) mass is 296 g/mol. The van der Waals surface area contributed by atoms with Crippen molar-refractivity contribution in [1.29, 1.82) is 0 Å². The van der Waals surface area contributed by atoms with E-state index in [9.17, 15) is 4.79 Å². The van der Waals surface area contributed by atoms with E-state index < -0.39 is 0 Å². The van der Waals surface area contributed by atoms with Crippen LogP contribution in [0.3, 0.4) is 0 Å². The number of nitrogens with two attached hydrogens (primary N) is 1. The molecule has 0 atom stereocenters. The molecule has 0 saturated heterocycles. The number of rotatable bonds is 6. The highest BCUT2D eigenvalue weighted by atomic mass is 16.1. The van der Waals surface area contributed by atoms with Gasteiger partial charge in [0.25, 0.3) is 0 Å². The summed E-state index contributed by atoms with van der Waals surface area (Å²) < 4.78 is 0. The summed E-state index contributed by atoms with van der Waals surface area (Å²) >= 11 is 0. The first kappa shape index (κ1) is 16.1. The van der Waals surface area contributed by atoms with Gasteiger partial charge in [-0.05, 0) is 48.6 Å². The maximum Gasteiger partial charge on any atom is 0.228 e. The number of nitrogen functional groups attached to an aromatic ring is 1. The number of hydrogen-bond acceptors (Lipinski definition) is 2. The Morgan fingerprint density at radius 2 is 1.77 bits per heavy atom. The SMILES string of the molecule is CCCCc1ccc(CC(=O)Nc2cc(N)ccc2C)cc1. The van der Waals surface area contributed by atoms with Crippen LogP contribution < -0.4 is 11.1 Å². The lowest BCUT2D eigenvalue weighted by Crippen LogP contribution is -2.15. The fraction of sp³-hybridized carbons (Fsp3) is 0.316. The molecule has 0 aliphatic carbocycles. The molecule has 0 aromatic heterocycles. The van der Waals surface area contributed by atoms with Crippen LogP contribution in [-0.2, 0) is 17.6 Å². The van der Waals surface area contributed by atoms with Crippen LogP contribution in [0.1, 0.15) is 36.5 Å². The summed E-state index contributed by atoms with van der Waals surface area (Å²) in [5, 5.41) is 2.93. The topological polar surface area (TPSA) is 55.1 Å². The van der Waals surface area contributed by atoms with Gasteiger partial charge in [0.1, 0.15) is 0 Å². The van der Waals surface area contributed by atoms with Crippen molar-refractivity contribution in [3.8, 4) is 0 Å². The molecule has 0 aliphatic rings. The first-order chi connectivity index (χ1) is 10.6. The summed E-state index contributed by atoms with van der Waals surface area (Å²) in [7, 11) is 0. The second kappa shape index (κ2) is 7.64. The van der Waals surface area contributed by atoms with Crippen LogP contribution in [0.25, 0.3) is 0 Å². The predicted octanol–water partition coefficient (Wildman–Crippen LogP) is 4.10. The Kier molecular flexibility index (Phi) is 5.59. The minimum Gasteiger partial charge on any atom is -0.399 e. The fourth-order valence-corrected chi connectivity index (χ4v) is 2.36. The quantitative estimate of drug-likeness (QED) is 0.788. The minimum atomic E-state index is -0.0185. The number of amides is 1. The summed E-state index contributed by atoms with van der Waals surface area (Å²) in [6.07, 6.45) is 3.88. The fourth-order valence-electron chi connectivity index (χ4n) is 2.36. The number of carbonyl (C=O) groups is 1. The number of aryl methyl sites for hydroxylation is 2. The Labute approximate surface area is 132 Å². The maximum absolute atomic E-state index is 12.2. The zero-order chi connectivity index (χ0) is 15.9. The number of unbranched alkanes of at least 4 members (excludes halogenated alkanes) is 1. The molecule has 3 heteroatoms.